The molecule has 0 atom stereocenters. The predicted molar refractivity (Wildman–Crippen MR) is 119 cm³/mol. The van der Waals surface area contributed by atoms with Crippen molar-refractivity contribution in [3.63, 3.8) is 0 Å². The summed E-state index contributed by atoms with van der Waals surface area (Å²) in [4.78, 5) is 6.47. The van der Waals surface area contributed by atoms with Crippen LogP contribution in [0.1, 0.15) is 50.9 Å². The van der Waals surface area contributed by atoms with E-state index in [4.69, 9.17) is 12.2 Å². The van der Waals surface area contributed by atoms with Crippen LogP contribution in [-0.4, -0.2) is 41.1 Å². The number of nitrogens with one attached hydrogen (secondary N) is 1. The van der Waals surface area contributed by atoms with Crippen LogP contribution in [0.5, 0.6) is 0 Å². The van der Waals surface area contributed by atoms with E-state index in [1.54, 1.807) is 6.20 Å². The summed E-state index contributed by atoms with van der Waals surface area (Å²) in [7, 11) is -3.53. The number of imidazole rings is 1. The fraction of sp³-hybridized carbons (Fsp3) is 0.524. The minimum absolute atomic E-state index is 0.0392. The molecule has 158 valence electrons. The van der Waals surface area contributed by atoms with Crippen LogP contribution in [0.2, 0.25) is 0 Å². The molecule has 0 amide bonds. The van der Waals surface area contributed by atoms with Crippen molar-refractivity contribution in [3.05, 3.63) is 47.8 Å². The molecular weight excluding hydrogens is 404 g/mol. The van der Waals surface area contributed by atoms with Gasteiger partial charge in [-0.25, -0.2) is 13.4 Å². The molecule has 2 aromatic rings. The molecule has 1 aromatic carbocycles. The van der Waals surface area contributed by atoms with E-state index in [2.05, 4.69) is 29.0 Å². The van der Waals surface area contributed by atoms with Crippen molar-refractivity contribution in [1.82, 2.24) is 19.8 Å². The maximum atomic E-state index is 13.1. The third-order valence-corrected chi connectivity index (χ3v) is 6.76. The summed E-state index contributed by atoms with van der Waals surface area (Å²) in [6, 6.07) is 9.48. The summed E-state index contributed by atoms with van der Waals surface area (Å²) in [5, 5.41) is 4.09. The molecular formula is C21H30N4O2S2. The number of nitrogens with zero attached hydrogens (tertiary/aromatic N) is 3. The molecule has 3 rings (SSSR count). The van der Waals surface area contributed by atoms with Crippen molar-refractivity contribution < 1.29 is 8.42 Å². The van der Waals surface area contributed by atoms with Gasteiger partial charge in [-0.3, -0.25) is 0 Å². The average molecular weight is 435 g/mol. The Labute approximate surface area is 179 Å². The van der Waals surface area contributed by atoms with Gasteiger partial charge in [0.2, 0.25) is 15.0 Å². The van der Waals surface area contributed by atoms with Crippen LogP contribution in [0.15, 0.2) is 41.7 Å². The molecule has 1 N–H and O–H groups in total. The summed E-state index contributed by atoms with van der Waals surface area (Å²) in [5.74, 6) is 0.396. The molecule has 1 aliphatic carbocycles. The van der Waals surface area contributed by atoms with Crippen molar-refractivity contribution >= 4 is 27.2 Å². The zero-order valence-electron chi connectivity index (χ0n) is 17.3. The standard InChI is InChI=1S/C21H30N4O2S2/c1-4-22-20(28)24(13-16(2)3)14-19-12-23-21(25(19)18-10-11-18)29(26,27)15-17-8-6-5-7-9-17/h5-9,12,16,18H,4,10-11,13-15H2,1-3H3,(H,22,28). The van der Waals surface area contributed by atoms with E-state index in [-0.39, 0.29) is 17.0 Å². The van der Waals surface area contributed by atoms with Gasteiger partial charge in [0.25, 0.3) is 0 Å². The smallest absolute Gasteiger partial charge is 0.228 e. The van der Waals surface area contributed by atoms with Crippen LogP contribution in [0.4, 0.5) is 0 Å². The maximum Gasteiger partial charge on any atom is 0.228 e. The Morgan fingerprint density at radius 1 is 1.31 bits per heavy atom. The van der Waals surface area contributed by atoms with Gasteiger partial charge in [-0.15, -0.1) is 0 Å². The van der Waals surface area contributed by atoms with Crippen molar-refractivity contribution in [1.29, 1.82) is 0 Å². The molecule has 1 saturated carbocycles. The second-order valence-corrected chi connectivity index (χ2v) is 10.3. The minimum Gasteiger partial charge on any atom is -0.363 e. The monoisotopic (exact) mass is 434 g/mol. The van der Waals surface area contributed by atoms with Crippen molar-refractivity contribution in [2.24, 2.45) is 5.92 Å². The highest BCUT2D eigenvalue weighted by atomic mass is 32.2. The van der Waals surface area contributed by atoms with Gasteiger partial charge in [-0.1, -0.05) is 44.2 Å². The molecule has 29 heavy (non-hydrogen) atoms. The van der Waals surface area contributed by atoms with E-state index in [1.165, 1.54) is 0 Å². The Hall–Kier alpha value is -1.93. The topological polar surface area (TPSA) is 67.2 Å². The van der Waals surface area contributed by atoms with Crippen LogP contribution in [0.3, 0.4) is 0 Å². The second-order valence-electron chi connectivity index (χ2n) is 7.99. The lowest BCUT2D eigenvalue weighted by Gasteiger charge is -2.27. The SMILES string of the molecule is CCNC(=S)N(Cc1cnc(S(=O)(=O)Cc2ccccc2)n1C1CC1)CC(C)C. The molecule has 0 unspecified atom stereocenters. The Kier molecular flexibility index (Phi) is 6.95. The van der Waals surface area contributed by atoms with E-state index in [9.17, 15) is 8.42 Å². The number of sulfone groups is 1. The van der Waals surface area contributed by atoms with Gasteiger partial charge in [0, 0.05) is 19.1 Å². The first-order chi connectivity index (χ1) is 13.8. The van der Waals surface area contributed by atoms with Crippen molar-refractivity contribution in [2.75, 3.05) is 13.1 Å². The van der Waals surface area contributed by atoms with Gasteiger partial charge < -0.3 is 14.8 Å². The Bertz CT molecular complexity index is 935. The fourth-order valence-electron chi connectivity index (χ4n) is 3.42. The average Bonchev–Trinajstić information content (AvgIpc) is 3.41. The first-order valence-electron chi connectivity index (χ1n) is 10.2. The summed E-state index contributed by atoms with van der Waals surface area (Å²) < 4.78 is 28.2. The van der Waals surface area contributed by atoms with E-state index >= 15 is 0 Å². The van der Waals surface area contributed by atoms with Crippen molar-refractivity contribution in [3.8, 4) is 0 Å². The lowest BCUT2D eigenvalue weighted by molar-refractivity contribution is 0.344. The summed E-state index contributed by atoms with van der Waals surface area (Å²) >= 11 is 5.55. The van der Waals surface area contributed by atoms with E-state index in [1.807, 2.05) is 41.8 Å². The van der Waals surface area contributed by atoms with Gasteiger partial charge in [0.15, 0.2) is 5.11 Å². The molecule has 1 aromatic heterocycles. The lowest BCUT2D eigenvalue weighted by atomic mass is 10.2. The Morgan fingerprint density at radius 3 is 2.59 bits per heavy atom. The summed E-state index contributed by atoms with van der Waals surface area (Å²) in [6.07, 6.45) is 3.68. The van der Waals surface area contributed by atoms with E-state index < -0.39 is 9.84 Å². The normalized spacial score (nSPS) is 14.2. The molecule has 0 bridgehead atoms. The third-order valence-electron chi connectivity index (χ3n) is 4.78. The number of benzene rings is 1. The zero-order chi connectivity index (χ0) is 21.0. The van der Waals surface area contributed by atoms with Crippen LogP contribution in [0, 0.1) is 5.92 Å². The minimum atomic E-state index is -3.53. The van der Waals surface area contributed by atoms with Gasteiger partial charge in [0.1, 0.15) is 0 Å². The number of hydrogen-bond donors (Lipinski definition) is 1. The molecule has 8 heteroatoms. The summed E-state index contributed by atoms with van der Waals surface area (Å²) in [5.41, 5.74) is 1.68. The number of aromatic nitrogens is 2. The van der Waals surface area contributed by atoms with E-state index in [0.717, 1.165) is 37.2 Å². The van der Waals surface area contributed by atoms with Gasteiger partial charge in [-0.05, 0) is 43.5 Å². The van der Waals surface area contributed by atoms with Crippen LogP contribution in [0.25, 0.3) is 0 Å². The Morgan fingerprint density at radius 2 is 2.00 bits per heavy atom. The van der Waals surface area contributed by atoms with Crippen LogP contribution in [-0.2, 0) is 22.1 Å². The quantitative estimate of drug-likeness (QED) is 0.609. The summed E-state index contributed by atoms with van der Waals surface area (Å²) in [6.45, 7) is 8.42. The van der Waals surface area contributed by atoms with Gasteiger partial charge >= 0.3 is 0 Å². The molecule has 0 spiro atoms. The van der Waals surface area contributed by atoms with Crippen LogP contribution < -0.4 is 5.32 Å². The zero-order valence-corrected chi connectivity index (χ0v) is 19.0. The van der Waals surface area contributed by atoms with Crippen LogP contribution >= 0.6 is 12.2 Å². The highest BCUT2D eigenvalue weighted by molar-refractivity contribution is 7.90. The van der Waals surface area contributed by atoms with E-state index in [0.29, 0.717) is 17.6 Å². The van der Waals surface area contributed by atoms with Gasteiger partial charge in [0.05, 0.1) is 24.2 Å². The number of thiocarbonyl (C=S) groups is 1. The highest BCUT2D eigenvalue weighted by Gasteiger charge is 2.34. The van der Waals surface area contributed by atoms with Gasteiger partial charge in [-0.2, -0.15) is 0 Å². The molecule has 1 aliphatic rings. The predicted octanol–water partition coefficient (Wildman–Crippen LogP) is 3.54. The first-order valence-corrected chi connectivity index (χ1v) is 12.2. The molecule has 0 saturated heterocycles. The second kappa shape index (κ2) is 9.26. The third kappa shape index (κ3) is 5.57. The molecule has 0 aliphatic heterocycles. The highest BCUT2D eigenvalue weighted by Crippen LogP contribution is 2.39. The molecule has 6 nitrogen and oxygen atoms in total. The molecule has 1 heterocycles. The Balaban J connectivity index is 1.89. The largest absolute Gasteiger partial charge is 0.363 e. The lowest BCUT2D eigenvalue weighted by Crippen LogP contribution is -2.41. The number of hydrogen-bond acceptors (Lipinski definition) is 4. The first kappa shape index (κ1) is 21.8. The maximum absolute atomic E-state index is 13.1. The molecule has 1 fully saturated rings. The fourth-order valence-corrected chi connectivity index (χ4v) is 5.25. The van der Waals surface area contributed by atoms with Crippen molar-refractivity contribution in [2.45, 2.75) is 57.1 Å². The molecule has 0 radical (unpaired) electrons. The number of rotatable bonds is 9.